The van der Waals surface area contributed by atoms with Gasteiger partial charge in [-0.25, -0.2) is 4.79 Å². The van der Waals surface area contributed by atoms with Gasteiger partial charge in [-0.2, -0.15) is 0 Å². The summed E-state index contributed by atoms with van der Waals surface area (Å²) in [6, 6.07) is 5.10. The minimum absolute atomic E-state index is 0.0370. The van der Waals surface area contributed by atoms with Crippen molar-refractivity contribution in [1.29, 1.82) is 0 Å². The summed E-state index contributed by atoms with van der Waals surface area (Å²) in [6.07, 6.45) is 1.21. The van der Waals surface area contributed by atoms with Gasteiger partial charge in [0.05, 0.1) is 18.7 Å². The number of fused-ring (bicyclic) bond motifs is 1. The van der Waals surface area contributed by atoms with Crippen LogP contribution in [0.5, 0.6) is 5.75 Å². The van der Waals surface area contributed by atoms with Crippen molar-refractivity contribution in [2.24, 2.45) is 0 Å². The molecule has 0 aromatic heterocycles. The normalized spacial score (nSPS) is 17.1. The lowest BCUT2D eigenvalue weighted by Gasteiger charge is -2.35. The molecular formula is C19H26N4O4. The van der Waals surface area contributed by atoms with Crippen molar-refractivity contribution in [2.75, 3.05) is 51.3 Å². The summed E-state index contributed by atoms with van der Waals surface area (Å²) >= 11 is 0. The predicted molar refractivity (Wildman–Crippen MR) is 101 cm³/mol. The Labute approximate surface area is 159 Å². The maximum absolute atomic E-state index is 12.9. The van der Waals surface area contributed by atoms with E-state index in [1.807, 2.05) is 6.92 Å². The van der Waals surface area contributed by atoms with Gasteiger partial charge in [-0.1, -0.05) is 6.92 Å². The highest BCUT2D eigenvalue weighted by Gasteiger charge is 2.26. The molecule has 0 radical (unpaired) electrons. The summed E-state index contributed by atoms with van der Waals surface area (Å²) in [4.78, 5) is 41.9. The lowest BCUT2D eigenvalue weighted by Crippen LogP contribution is -2.53. The van der Waals surface area contributed by atoms with Gasteiger partial charge in [0.1, 0.15) is 5.75 Å². The maximum Gasteiger partial charge on any atom is 0.317 e. The third-order valence-corrected chi connectivity index (χ3v) is 4.90. The number of rotatable bonds is 3. The summed E-state index contributed by atoms with van der Waals surface area (Å²) in [7, 11) is 1.69. The first-order valence-electron chi connectivity index (χ1n) is 9.36. The molecule has 2 aliphatic rings. The largest absolute Gasteiger partial charge is 0.491 e. The Bertz CT molecular complexity index is 728. The summed E-state index contributed by atoms with van der Waals surface area (Å²) in [5, 5.41) is 2.86. The van der Waals surface area contributed by atoms with Crippen LogP contribution >= 0.6 is 0 Å². The fourth-order valence-electron chi connectivity index (χ4n) is 3.22. The molecule has 27 heavy (non-hydrogen) atoms. The van der Waals surface area contributed by atoms with Gasteiger partial charge < -0.3 is 24.8 Å². The van der Waals surface area contributed by atoms with Crippen LogP contribution in [0.15, 0.2) is 18.2 Å². The average molecular weight is 374 g/mol. The van der Waals surface area contributed by atoms with Crippen molar-refractivity contribution in [2.45, 2.75) is 19.8 Å². The van der Waals surface area contributed by atoms with Crippen molar-refractivity contribution >= 4 is 23.5 Å². The topological polar surface area (TPSA) is 82.2 Å². The van der Waals surface area contributed by atoms with Crippen LogP contribution in [0.2, 0.25) is 0 Å². The molecule has 1 aromatic rings. The molecule has 3 rings (SSSR count). The molecular weight excluding hydrogens is 348 g/mol. The molecule has 1 N–H and O–H groups in total. The van der Waals surface area contributed by atoms with Crippen molar-refractivity contribution in [3.8, 4) is 5.75 Å². The van der Waals surface area contributed by atoms with Gasteiger partial charge in [-0.05, 0) is 24.6 Å². The van der Waals surface area contributed by atoms with Gasteiger partial charge in [-0.15, -0.1) is 0 Å². The Morgan fingerprint density at radius 2 is 1.85 bits per heavy atom. The van der Waals surface area contributed by atoms with Crippen LogP contribution in [-0.4, -0.2) is 74.0 Å². The number of urea groups is 1. The van der Waals surface area contributed by atoms with E-state index < -0.39 is 0 Å². The number of hydrogen-bond donors (Lipinski definition) is 1. The maximum atomic E-state index is 12.9. The summed E-state index contributed by atoms with van der Waals surface area (Å²) in [5.74, 6) is 0.471. The zero-order valence-corrected chi connectivity index (χ0v) is 15.9. The third kappa shape index (κ3) is 4.15. The SMILES string of the molecule is CCCNC(=O)N1CCN(C(=O)c2ccc3c(c2)N(C)C(=O)CCO3)CC1. The minimum Gasteiger partial charge on any atom is -0.491 e. The first-order valence-corrected chi connectivity index (χ1v) is 9.36. The monoisotopic (exact) mass is 374 g/mol. The van der Waals surface area contributed by atoms with Crippen LogP contribution in [0.25, 0.3) is 0 Å². The van der Waals surface area contributed by atoms with E-state index in [4.69, 9.17) is 4.74 Å². The van der Waals surface area contributed by atoms with Gasteiger partial charge in [-0.3, -0.25) is 9.59 Å². The lowest BCUT2D eigenvalue weighted by molar-refractivity contribution is -0.118. The van der Waals surface area contributed by atoms with Crippen LogP contribution in [-0.2, 0) is 4.79 Å². The molecule has 4 amide bonds. The van der Waals surface area contributed by atoms with Gasteiger partial charge in [0, 0.05) is 45.3 Å². The van der Waals surface area contributed by atoms with E-state index in [0.29, 0.717) is 62.8 Å². The number of amides is 4. The van der Waals surface area contributed by atoms with E-state index in [-0.39, 0.29) is 17.8 Å². The number of piperazine rings is 1. The standard InChI is InChI=1S/C19H26N4O4/c1-3-7-20-19(26)23-10-8-22(9-11-23)18(25)14-4-5-16-15(13-14)21(2)17(24)6-12-27-16/h4-5,13H,3,6-12H2,1-2H3,(H,20,26). The van der Waals surface area contributed by atoms with Crippen LogP contribution in [0, 0.1) is 0 Å². The highest BCUT2D eigenvalue weighted by Crippen LogP contribution is 2.32. The number of anilines is 1. The number of hydrogen-bond acceptors (Lipinski definition) is 4. The van der Waals surface area contributed by atoms with E-state index in [0.717, 1.165) is 6.42 Å². The zero-order valence-electron chi connectivity index (χ0n) is 15.9. The molecule has 2 heterocycles. The van der Waals surface area contributed by atoms with Gasteiger partial charge in [0.15, 0.2) is 0 Å². The Kier molecular flexibility index (Phi) is 5.83. The molecule has 0 spiro atoms. The van der Waals surface area contributed by atoms with E-state index in [2.05, 4.69) is 5.32 Å². The number of carbonyl (C=O) groups is 3. The van der Waals surface area contributed by atoms with Crippen LogP contribution in [0.3, 0.4) is 0 Å². The molecule has 1 saturated heterocycles. The van der Waals surface area contributed by atoms with Crippen molar-refractivity contribution in [3.63, 3.8) is 0 Å². The van der Waals surface area contributed by atoms with Crippen molar-refractivity contribution < 1.29 is 19.1 Å². The summed E-state index contributed by atoms with van der Waals surface area (Å²) < 4.78 is 5.60. The average Bonchev–Trinajstić information content (AvgIpc) is 2.84. The Hall–Kier alpha value is -2.77. The second-order valence-corrected chi connectivity index (χ2v) is 6.74. The third-order valence-electron chi connectivity index (χ3n) is 4.90. The van der Waals surface area contributed by atoms with Gasteiger partial charge >= 0.3 is 6.03 Å². The quantitative estimate of drug-likeness (QED) is 0.865. The van der Waals surface area contributed by atoms with Crippen molar-refractivity contribution in [3.05, 3.63) is 23.8 Å². The predicted octanol–water partition coefficient (Wildman–Crippen LogP) is 1.31. The second kappa shape index (κ2) is 8.28. The fourth-order valence-corrected chi connectivity index (χ4v) is 3.22. The molecule has 0 saturated carbocycles. The van der Waals surface area contributed by atoms with E-state index in [1.54, 1.807) is 35.0 Å². The number of benzene rings is 1. The molecule has 0 bridgehead atoms. The molecule has 0 unspecified atom stereocenters. The second-order valence-electron chi connectivity index (χ2n) is 6.74. The lowest BCUT2D eigenvalue weighted by atomic mass is 10.1. The molecule has 146 valence electrons. The number of nitrogens with zero attached hydrogens (tertiary/aromatic N) is 3. The molecule has 8 heteroatoms. The molecule has 8 nitrogen and oxygen atoms in total. The highest BCUT2D eigenvalue weighted by molar-refractivity contribution is 5.99. The Balaban J connectivity index is 1.66. The van der Waals surface area contributed by atoms with E-state index in [1.165, 1.54) is 4.90 Å². The zero-order chi connectivity index (χ0) is 19.4. The Morgan fingerprint density at radius 3 is 2.56 bits per heavy atom. The van der Waals surface area contributed by atoms with Gasteiger partial charge in [0.2, 0.25) is 5.91 Å². The fraction of sp³-hybridized carbons (Fsp3) is 0.526. The Morgan fingerprint density at radius 1 is 1.15 bits per heavy atom. The molecule has 1 aromatic carbocycles. The van der Waals surface area contributed by atoms with Crippen molar-refractivity contribution in [1.82, 2.24) is 15.1 Å². The molecule has 0 atom stereocenters. The summed E-state index contributed by atoms with van der Waals surface area (Å²) in [5.41, 5.74) is 1.13. The minimum atomic E-state index is -0.100. The van der Waals surface area contributed by atoms with Crippen LogP contribution in [0.4, 0.5) is 10.5 Å². The summed E-state index contributed by atoms with van der Waals surface area (Å²) in [6.45, 7) is 4.99. The number of carbonyl (C=O) groups excluding carboxylic acids is 3. The van der Waals surface area contributed by atoms with Gasteiger partial charge in [0.25, 0.3) is 5.91 Å². The van der Waals surface area contributed by atoms with E-state index >= 15 is 0 Å². The first kappa shape index (κ1) is 19.0. The van der Waals surface area contributed by atoms with Crippen LogP contribution < -0.4 is 15.0 Å². The molecule has 1 fully saturated rings. The molecule has 0 aliphatic carbocycles. The smallest absolute Gasteiger partial charge is 0.317 e. The van der Waals surface area contributed by atoms with E-state index in [9.17, 15) is 14.4 Å². The van der Waals surface area contributed by atoms with Crippen LogP contribution in [0.1, 0.15) is 30.1 Å². The number of ether oxygens (including phenoxy) is 1. The highest BCUT2D eigenvalue weighted by atomic mass is 16.5. The molecule has 2 aliphatic heterocycles. The number of nitrogens with one attached hydrogen (secondary N) is 1. The first-order chi connectivity index (χ1) is 13.0.